The van der Waals surface area contributed by atoms with Crippen LogP contribution in [0.2, 0.25) is 0 Å². The van der Waals surface area contributed by atoms with E-state index in [4.69, 9.17) is 4.74 Å². The van der Waals surface area contributed by atoms with E-state index in [2.05, 4.69) is 21.2 Å². The second kappa shape index (κ2) is 3.03. The molecule has 1 aliphatic heterocycles. The van der Waals surface area contributed by atoms with E-state index in [1.807, 2.05) is 19.1 Å². The van der Waals surface area contributed by atoms with Crippen LogP contribution in [-0.2, 0) is 11.3 Å². The molecule has 0 bridgehead atoms. The summed E-state index contributed by atoms with van der Waals surface area (Å²) in [5.41, 5.74) is 2.99. The Bertz CT molecular complexity index is 376. The molecule has 0 aromatic heterocycles. The zero-order valence-electron chi connectivity index (χ0n) is 7.06. The highest BCUT2D eigenvalue weighted by Gasteiger charge is 2.17. The fourth-order valence-corrected chi connectivity index (χ4v) is 1.69. The molecule has 1 N–H and O–H groups in total. The van der Waals surface area contributed by atoms with Gasteiger partial charge < -0.3 is 4.74 Å². The quantitative estimate of drug-likeness (QED) is 0.759. The molecule has 2 rings (SSSR count). The van der Waals surface area contributed by atoms with Crippen molar-refractivity contribution >= 4 is 27.7 Å². The molecule has 1 aromatic carbocycles. The molecule has 1 amide bonds. The number of amides is 1. The Kier molecular flexibility index (Phi) is 2.00. The van der Waals surface area contributed by atoms with Gasteiger partial charge in [0.05, 0.1) is 5.69 Å². The van der Waals surface area contributed by atoms with Crippen molar-refractivity contribution in [3.8, 4) is 0 Å². The van der Waals surface area contributed by atoms with Crippen LogP contribution < -0.4 is 5.32 Å². The van der Waals surface area contributed by atoms with Crippen molar-refractivity contribution in [1.82, 2.24) is 0 Å². The molecule has 13 heavy (non-hydrogen) atoms. The van der Waals surface area contributed by atoms with E-state index < -0.39 is 0 Å². The van der Waals surface area contributed by atoms with Crippen molar-refractivity contribution in [2.45, 2.75) is 13.5 Å². The van der Waals surface area contributed by atoms with Crippen LogP contribution in [0.1, 0.15) is 11.1 Å². The molecule has 0 aliphatic carbocycles. The number of hydrogen-bond donors (Lipinski definition) is 1. The summed E-state index contributed by atoms with van der Waals surface area (Å²) in [7, 11) is 0. The fourth-order valence-electron chi connectivity index (χ4n) is 1.32. The van der Waals surface area contributed by atoms with Crippen molar-refractivity contribution in [3.63, 3.8) is 0 Å². The minimum absolute atomic E-state index is 0.354. The average Bonchev–Trinajstić information content (AvgIpc) is 2.12. The fraction of sp³-hybridized carbons (Fsp3) is 0.222. The summed E-state index contributed by atoms with van der Waals surface area (Å²) in [4.78, 5) is 10.9. The van der Waals surface area contributed by atoms with Crippen LogP contribution in [0, 0.1) is 6.92 Å². The first-order valence-corrected chi connectivity index (χ1v) is 4.69. The van der Waals surface area contributed by atoms with Gasteiger partial charge in [0, 0.05) is 10.0 Å². The average molecular weight is 242 g/mol. The number of carbonyl (C=O) groups is 1. The van der Waals surface area contributed by atoms with Crippen molar-refractivity contribution in [3.05, 3.63) is 27.7 Å². The SMILES string of the molecule is Cc1c(Br)ccc2c1COC(=O)N2. The van der Waals surface area contributed by atoms with Gasteiger partial charge in [0.25, 0.3) is 0 Å². The molecule has 1 heterocycles. The third kappa shape index (κ3) is 1.42. The lowest BCUT2D eigenvalue weighted by Crippen LogP contribution is -2.21. The van der Waals surface area contributed by atoms with Crippen molar-refractivity contribution < 1.29 is 9.53 Å². The van der Waals surface area contributed by atoms with E-state index in [-0.39, 0.29) is 6.09 Å². The Morgan fingerprint density at radius 3 is 3.08 bits per heavy atom. The normalized spacial score (nSPS) is 14.5. The van der Waals surface area contributed by atoms with Gasteiger partial charge in [-0.2, -0.15) is 0 Å². The molecule has 0 saturated heterocycles. The van der Waals surface area contributed by atoms with E-state index in [1.54, 1.807) is 0 Å². The maximum atomic E-state index is 10.9. The van der Waals surface area contributed by atoms with Gasteiger partial charge in [-0.15, -0.1) is 0 Å². The Balaban J connectivity index is 2.53. The van der Waals surface area contributed by atoms with E-state index in [9.17, 15) is 4.79 Å². The molecule has 0 saturated carbocycles. The number of halogens is 1. The molecule has 0 fully saturated rings. The van der Waals surface area contributed by atoms with E-state index >= 15 is 0 Å². The van der Waals surface area contributed by atoms with Crippen molar-refractivity contribution in [1.29, 1.82) is 0 Å². The second-order valence-corrected chi connectivity index (χ2v) is 3.75. The lowest BCUT2D eigenvalue weighted by atomic mass is 10.1. The van der Waals surface area contributed by atoms with Gasteiger partial charge in [-0.1, -0.05) is 15.9 Å². The number of benzene rings is 1. The van der Waals surface area contributed by atoms with Crippen molar-refractivity contribution in [2.75, 3.05) is 5.32 Å². The molecule has 0 spiro atoms. The van der Waals surface area contributed by atoms with Crippen LogP contribution in [0.25, 0.3) is 0 Å². The molecule has 0 unspecified atom stereocenters. The van der Waals surface area contributed by atoms with Gasteiger partial charge in [-0.05, 0) is 24.6 Å². The zero-order valence-corrected chi connectivity index (χ0v) is 8.64. The molecule has 3 nitrogen and oxygen atoms in total. The minimum Gasteiger partial charge on any atom is -0.444 e. The Morgan fingerprint density at radius 2 is 2.31 bits per heavy atom. The summed E-state index contributed by atoms with van der Waals surface area (Å²) < 4.78 is 5.90. The standard InChI is InChI=1S/C9H8BrNO2/c1-5-6-4-13-9(12)11-8(6)3-2-7(5)10/h2-3H,4H2,1H3,(H,11,12). The van der Waals surface area contributed by atoms with E-state index in [0.717, 1.165) is 21.3 Å². The zero-order chi connectivity index (χ0) is 9.42. The van der Waals surface area contributed by atoms with Crippen LogP contribution in [0.15, 0.2) is 16.6 Å². The highest BCUT2D eigenvalue weighted by molar-refractivity contribution is 9.10. The number of carbonyl (C=O) groups excluding carboxylic acids is 1. The third-order valence-electron chi connectivity index (χ3n) is 2.12. The largest absolute Gasteiger partial charge is 0.444 e. The minimum atomic E-state index is -0.380. The highest BCUT2D eigenvalue weighted by atomic mass is 79.9. The number of fused-ring (bicyclic) bond motifs is 1. The molecular weight excluding hydrogens is 234 g/mol. The van der Waals surface area contributed by atoms with Gasteiger partial charge in [-0.25, -0.2) is 4.79 Å². The Hall–Kier alpha value is -1.03. The Labute approximate surface area is 84.2 Å². The summed E-state index contributed by atoms with van der Waals surface area (Å²) >= 11 is 3.42. The summed E-state index contributed by atoms with van der Waals surface area (Å²) in [6.45, 7) is 2.34. The van der Waals surface area contributed by atoms with Crippen LogP contribution >= 0.6 is 15.9 Å². The summed E-state index contributed by atoms with van der Waals surface area (Å²) in [5.74, 6) is 0. The highest BCUT2D eigenvalue weighted by Crippen LogP contribution is 2.29. The number of hydrogen-bond acceptors (Lipinski definition) is 2. The van der Waals surface area contributed by atoms with E-state index in [0.29, 0.717) is 6.61 Å². The van der Waals surface area contributed by atoms with Crippen LogP contribution in [0.4, 0.5) is 10.5 Å². The molecule has 0 atom stereocenters. The third-order valence-corrected chi connectivity index (χ3v) is 2.98. The van der Waals surface area contributed by atoms with E-state index in [1.165, 1.54) is 0 Å². The lowest BCUT2D eigenvalue weighted by Gasteiger charge is -2.19. The number of nitrogens with one attached hydrogen (secondary N) is 1. The maximum Gasteiger partial charge on any atom is 0.411 e. The van der Waals surface area contributed by atoms with Gasteiger partial charge in [-0.3, -0.25) is 5.32 Å². The monoisotopic (exact) mass is 241 g/mol. The first-order chi connectivity index (χ1) is 6.18. The first-order valence-electron chi connectivity index (χ1n) is 3.90. The van der Waals surface area contributed by atoms with Crippen molar-refractivity contribution in [2.24, 2.45) is 0 Å². The molecule has 68 valence electrons. The van der Waals surface area contributed by atoms with Crippen LogP contribution in [-0.4, -0.2) is 6.09 Å². The molecule has 4 heteroatoms. The van der Waals surface area contributed by atoms with Crippen LogP contribution in [0.3, 0.4) is 0 Å². The Morgan fingerprint density at radius 1 is 1.54 bits per heavy atom. The van der Waals surface area contributed by atoms with Gasteiger partial charge in [0.2, 0.25) is 0 Å². The van der Waals surface area contributed by atoms with Gasteiger partial charge >= 0.3 is 6.09 Å². The number of anilines is 1. The predicted octanol–water partition coefficient (Wildman–Crippen LogP) is 2.82. The smallest absolute Gasteiger partial charge is 0.411 e. The number of cyclic esters (lactones) is 1. The molecule has 0 radical (unpaired) electrons. The van der Waals surface area contributed by atoms with Gasteiger partial charge in [0.15, 0.2) is 0 Å². The topological polar surface area (TPSA) is 38.3 Å². The summed E-state index contributed by atoms with van der Waals surface area (Å²) in [6.07, 6.45) is -0.380. The summed E-state index contributed by atoms with van der Waals surface area (Å²) in [6, 6.07) is 3.78. The number of rotatable bonds is 0. The molecule has 1 aliphatic rings. The maximum absolute atomic E-state index is 10.9. The summed E-state index contributed by atoms with van der Waals surface area (Å²) in [5, 5.41) is 2.65. The first kappa shape index (κ1) is 8.56. The second-order valence-electron chi connectivity index (χ2n) is 2.90. The number of ether oxygens (including phenoxy) is 1. The molecule has 1 aromatic rings. The van der Waals surface area contributed by atoms with Crippen LogP contribution in [0.5, 0.6) is 0 Å². The van der Waals surface area contributed by atoms with Gasteiger partial charge in [0.1, 0.15) is 6.61 Å². The lowest BCUT2D eigenvalue weighted by molar-refractivity contribution is 0.151. The predicted molar refractivity (Wildman–Crippen MR) is 52.7 cm³/mol. The molecular formula is C9H8BrNO2.